The highest BCUT2D eigenvalue weighted by molar-refractivity contribution is 8.00. The number of rotatable bonds is 4. The summed E-state index contributed by atoms with van der Waals surface area (Å²) in [6.45, 7) is 1.95. The predicted octanol–water partition coefficient (Wildman–Crippen LogP) is 3.26. The first-order valence-electron chi connectivity index (χ1n) is 7.63. The van der Waals surface area contributed by atoms with Crippen molar-refractivity contribution in [1.29, 1.82) is 0 Å². The van der Waals surface area contributed by atoms with Crippen molar-refractivity contribution in [1.82, 2.24) is 14.7 Å². The van der Waals surface area contributed by atoms with Crippen LogP contribution in [0.15, 0.2) is 35.7 Å². The highest BCUT2D eigenvalue weighted by atomic mass is 32.2. The zero-order valence-corrected chi connectivity index (χ0v) is 13.1. The second-order valence-corrected chi connectivity index (χ2v) is 6.95. The highest BCUT2D eigenvalue weighted by Crippen LogP contribution is 2.24. The summed E-state index contributed by atoms with van der Waals surface area (Å²) in [5.74, 6) is 0.125. The van der Waals surface area contributed by atoms with Crippen LogP contribution < -0.4 is 5.32 Å². The molecule has 1 aliphatic carbocycles. The van der Waals surface area contributed by atoms with Crippen LogP contribution in [0.2, 0.25) is 0 Å². The number of aromatic nitrogens is 2. The Morgan fingerprint density at radius 1 is 1.38 bits per heavy atom. The lowest BCUT2D eigenvalue weighted by molar-refractivity contribution is -0.121. The van der Waals surface area contributed by atoms with Gasteiger partial charge in [0, 0.05) is 12.2 Å². The zero-order valence-electron chi connectivity index (χ0n) is 12.3. The van der Waals surface area contributed by atoms with Gasteiger partial charge in [-0.25, -0.2) is 4.98 Å². The topological polar surface area (TPSA) is 46.4 Å². The smallest absolute Gasteiger partial charge is 0.233 e. The number of imidazole rings is 1. The first-order chi connectivity index (χ1) is 10.2. The maximum absolute atomic E-state index is 12.3. The molecule has 5 heteroatoms. The van der Waals surface area contributed by atoms with Gasteiger partial charge in [-0.3, -0.25) is 9.20 Å². The predicted molar refractivity (Wildman–Crippen MR) is 85.5 cm³/mol. The maximum atomic E-state index is 12.3. The minimum atomic E-state index is -0.127. The Morgan fingerprint density at radius 3 is 3.00 bits per heavy atom. The van der Waals surface area contributed by atoms with Crippen molar-refractivity contribution in [2.75, 3.05) is 0 Å². The van der Waals surface area contributed by atoms with Crippen LogP contribution in [-0.2, 0) is 4.79 Å². The van der Waals surface area contributed by atoms with E-state index in [-0.39, 0.29) is 11.2 Å². The third-order valence-corrected chi connectivity index (χ3v) is 5.09. The zero-order chi connectivity index (χ0) is 14.7. The minimum Gasteiger partial charge on any atom is -0.352 e. The van der Waals surface area contributed by atoms with Gasteiger partial charge in [-0.2, -0.15) is 0 Å². The van der Waals surface area contributed by atoms with Crippen LogP contribution in [0, 0.1) is 0 Å². The Hall–Kier alpha value is -1.49. The van der Waals surface area contributed by atoms with Gasteiger partial charge in [-0.15, -0.1) is 0 Å². The molecule has 0 aromatic carbocycles. The molecule has 1 saturated carbocycles. The van der Waals surface area contributed by atoms with Crippen molar-refractivity contribution in [3.05, 3.63) is 30.6 Å². The molecule has 1 unspecified atom stereocenters. The number of pyridine rings is 1. The molecule has 1 amide bonds. The fourth-order valence-electron chi connectivity index (χ4n) is 2.78. The average molecular weight is 303 g/mol. The molecule has 0 bridgehead atoms. The number of carbonyl (C=O) groups is 1. The molecule has 1 aliphatic rings. The Morgan fingerprint density at radius 2 is 2.19 bits per heavy atom. The fraction of sp³-hybridized carbons (Fsp3) is 0.500. The molecule has 21 heavy (non-hydrogen) atoms. The van der Waals surface area contributed by atoms with Gasteiger partial charge < -0.3 is 5.32 Å². The summed E-state index contributed by atoms with van der Waals surface area (Å²) in [7, 11) is 0. The lowest BCUT2D eigenvalue weighted by Gasteiger charge is -2.24. The van der Waals surface area contributed by atoms with Crippen molar-refractivity contribution in [3.8, 4) is 0 Å². The summed E-state index contributed by atoms with van der Waals surface area (Å²) in [5, 5.41) is 3.93. The molecular formula is C16H21N3OS. The lowest BCUT2D eigenvalue weighted by atomic mass is 9.95. The van der Waals surface area contributed by atoms with Gasteiger partial charge in [-0.05, 0) is 31.9 Å². The van der Waals surface area contributed by atoms with E-state index in [1.807, 2.05) is 41.9 Å². The van der Waals surface area contributed by atoms with E-state index in [9.17, 15) is 4.79 Å². The van der Waals surface area contributed by atoms with Crippen molar-refractivity contribution >= 4 is 23.2 Å². The molecule has 2 aromatic heterocycles. The van der Waals surface area contributed by atoms with E-state index < -0.39 is 0 Å². The summed E-state index contributed by atoms with van der Waals surface area (Å²) < 4.78 is 2.02. The number of nitrogens with zero attached hydrogens (tertiary/aromatic N) is 2. The summed E-state index contributed by atoms with van der Waals surface area (Å²) in [6, 6.07) is 6.35. The van der Waals surface area contributed by atoms with Gasteiger partial charge in [0.05, 0.1) is 17.0 Å². The Bertz CT molecular complexity index is 619. The van der Waals surface area contributed by atoms with Gasteiger partial charge >= 0.3 is 0 Å². The van der Waals surface area contributed by atoms with Crippen LogP contribution >= 0.6 is 11.8 Å². The van der Waals surface area contributed by atoms with E-state index in [2.05, 4.69) is 10.3 Å². The lowest BCUT2D eigenvalue weighted by Crippen LogP contribution is -2.40. The third kappa shape index (κ3) is 3.40. The second kappa shape index (κ2) is 6.52. The molecule has 0 radical (unpaired) electrons. The van der Waals surface area contributed by atoms with Gasteiger partial charge in [-0.1, -0.05) is 37.1 Å². The normalized spacial score (nSPS) is 17.8. The van der Waals surface area contributed by atoms with Gasteiger partial charge in [0.15, 0.2) is 5.16 Å². The Kier molecular flexibility index (Phi) is 4.48. The SMILES string of the molecule is CC(Sc1ncc2ccccn12)C(=O)NC1CCCCC1. The first kappa shape index (κ1) is 14.4. The summed E-state index contributed by atoms with van der Waals surface area (Å²) in [5.41, 5.74) is 1.06. The molecule has 1 N–H and O–H groups in total. The van der Waals surface area contributed by atoms with Crippen molar-refractivity contribution in [2.24, 2.45) is 0 Å². The van der Waals surface area contributed by atoms with E-state index >= 15 is 0 Å². The molecule has 1 fully saturated rings. The van der Waals surface area contributed by atoms with Crippen molar-refractivity contribution < 1.29 is 4.79 Å². The summed E-state index contributed by atoms with van der Waals surface area (Å²) in [6.07, 6.45) is 9.83. The van der Waals surface area contributed by atoms with Crippen molar-refractivity contribution in [3.63, 3.8) is 0 Å². The Labute approximate surface area is 129 Å². The number of nitrogens with one attached hydrogen (secondary N) is 1. The second-order valence-electron chi connectivity index (χ2n) is 5.64. The van der Waals surface area contributed by atoms with E-state index in [0.717, 1.165) is 23.5 Å². The molecule has 4 nitrogen and oxygen atoms in total. The van der Waals surface area contributed by atoms with E-state index in [0.29, 0.717) is 6.04 Å². The van der Waals surface area contributed by atoms with Crippen LogP contribution in [0.4, 0.5) is 0 Å². The number of fused-ring (bicyclic) bond motifs is 1. The van der Waals surface area contributed by atoms with Crippen LogP contribution in [0.3, 0.4) is 0 Å². The molecule has 0 spiro atoms. The van der Waals surface area contributed by atoms with Crippen LogP contribution in [0.1, 0.15) is 39.0 Å². The molecule has 2 heterocycles. The van der Waals surface area contributed by atoms with Gasteiger partial charge in [0.2, 0.25) is 5.91 Å². The minimum absolute atomic E-state index is 0.125. The maximum Gasteiger partial charge on any atom is 0.233 e. The van der Waals surface area contributed by atoms with Crippen molar-refractivity contribution in [2.45, 2.75) is 55.5 Å². The largest absolute Gasteiger partial charge is 0.352 e. The van der Waals surface area contributed by atoms with E-state index in [4.69, 9.17) is 0 Å². The Balaban J connectivity index is 1.62. The fourth-order valence-corrected chi connectivity index (χ4v) is 3.67. The van der Waals surface area contributed by atoms with Gasteiger partial charge in [0.1, 0.15) is 0 Å². The van der Waals surface area contributed by atoms with Crippen LogP contribution in [0.5, 0.6) is 0 Å². The van der Waals surface area contributed by atoms with E-state index in [1.165, 1.54) is 31.0 Å². The average Bonchev–Trinajstić information content (AvgIpc) is 2.91. The number of hydrogen-bond donors (Lipinski definition) is 1. The number of carbonyl (C=O) groups excluding carboxylic acids is 1. The molecule has 3 rings (SSSR count). The molecule has 0 saturated heterocycles. The first-order valence-corrected chi connectivity index (χ1v) is 8.51. The monoisotopic (exact) mass is 303 g/mol. The summed E-state index contributed by atoms with van der Waals surface area (Å²) >= 11 is 1.52. The van der Waals surface area contributed by atoms with Crippen LogP contribution in [-0.4, -0.2) is 26.6 Å². The number of hydrogen-bond acceptors (Lipinski definition) is 3. The number of amides is 1. The highest BCUT2D eigenvalue weighted by Gasteiger charge is 2.21. The summed E-state index contributed by atoms with van der Waals surface area (Å²) in [4.78, 5) is 16.7. The molecular weight excluding hydrogens is 282 g/mol. The standard InChI is InChI=1S/C16H21N3OS/c1-12(15(20)18-13-7-3-2-4-8-13)21-16-17-11-14-9-5-6-10-19(14)16/h5-6,9-13H,2-4,7-8H2,1H3,(H,18,20). The van der Waals surface area contributed by atoms with Gasteiger partial charge in [0.25, 0.3) is 0 Å². The number of thioether (sulfide) groups is 1. The third-order valence-electron chi connectivity index (χ3n) is 4.01. The molecule has 0 aliphatic heterocycles. The molecule has 2 aromatic rings. The quantitative estimate of drug-likeness (QED) is 0.882. The van der Waals surface area contributed by atoms with E-state index in [1.54, 1.807) is 0 Å². The van der Waals surface area contributed by atoms with Crippen LogP contribution in [0.25, 0.3) is 5.52 Å². The molecule has 1 atom stereocenters. The molecule has 112 valence electrons.